The Balaban J connectivity index is 1.65. The summed E-state index contributed by atoms with van der Waals surface area (Å²) >= 11 is 3.50. The Morgan fingerprint density at radius 1 is 1.09 bits per heavy atom. The maximum Gasteiger partial charge on any atom is 0.133 e. The normalized spacial score (nSPS) is 18.2. The Labute approximate surface area is 139 Å². The molecule has 5 heteroatoms. The standard InChI is InChI=1S/C17H21BrN4/c18-13-4-6-14(7-5-13)22-17-15(8-9-19-17)16(20-22)12-21-10-2-1-3-11-21/h4-7,19H,1-3,8-12H2. The maximum atomic E-state index is 4.92. The van der Waals surface area contributed by atoms with E-state index < -0.39 is 0 Å². The summed E-state index contributed by atoms with van der Waals surface area (Å²) in [5.74, 6) is 1.19. The van der Waals surface area contributed by atoms with Crippen LogP contribution in [0.25, 0.3) is 5.69 Å². The van der Waals surface area contributed by atoms with Gasteiger partial charge in [0.05, 0.1) is 11.4 Å². The number of fused-ring (bicyclic) bond motifs is 1. The summed E-state index contributed by atoms with van der Waals surface area (Å²) in [5.41, 5.74) is 3.79. The van der Waals surface area contributed by atoms with E-state index >= 15 is 0 Å². The summed E-state index contributed by atoms with van der Waals surface area (Å²) in [6.45, 7) is 4.45. The van der Waals surface area contributed by atoms with Crippen molar-refractivity contribution in [3.8, 4) is 5.69 Å². The second-order valence-electron chi connectivity index (χ2n) is 6.18. The molecule has 1 aromatic heterocycles. The van der Waals surface area contributed by atoms with Gasteiger partial charge < -0.3 is 5.32 Å². The van der Waals surface area contributed by atoms with Crippen LogP contribution in [0.2, 0.25) is 0 Å². The van der Waals surface area contributed by atoms with Crippen LogP contribution in [0.4, 0.5) is 5.82 Å². The molecule has 4 nitrogen and oxygen atoms in total. The highest BCUT2D eigenvalue weighted by molar-refractivity contribution is 9.10. The first kappa shape index (κ1) is 14.3. The smallest absolute Gasteiger partial charge is 0.133 e. The number of halogens is 1. The molecule has 0 unspecified atom stereocenters. The molecule has 2 aliphatic rings. The monoisotopic (exact) mass is 360 g/mol. The van der Waals surface area contributed by atoms with E-state index in [4.69, 9.17) is 5.10 Å². The Kier molecular flexibility index (Phi) is 3.92. The molecule has 0 aliphatic carbocycles. The molecule has 0 saturated carbocycles. The van der Waals surface area contributed by atoms with E-state index in [2.05, 4.69) is 55.1 Å². The minimum absolute atomic E-state index is 0.994. The molecule has 0 spiro atoms. The molecule has 0 radical (unpaired) electrons. The first-order valence-corrected chi connectivity index (χ1v) is 8.93. The molecule has 0 amide bonds. The molecule has 2 aromatic rings. The highest BCUT2D eigenvalue weighted by Gasteiger charge is 2.24. The lowest BCUT2D eigenvalue weighted by Crippen LogP contribution is -2.29. The van der Waals surface area contributed by atoms with Crippen LogP contribution >= 0.6 is 15.9 Å². The van der Waals surface area contributed by atoms with E-state index in [0.29, 0.717) is 0 Å². The number of anilines is 1. The Morgan fingerprint density at radius 2 is 1.86 bits per heavy atom. The van der Waals surface area contributed by atoms with E-state index in [1.165, 1.54) is 49.4 Å². The minimum Gasteiger partial charge on any atom is -0.369 e. The fourth-order valence-corrected chi connectivity index (χ4v) is 3.74. The second kappa shape index (κ2) is 6.05. The third-order valence-electron chi connectivity index (χ3n) is 4.63. The number of nitrogens with zero attached hydrogens (tertiary/aromatic N) is 3. The Bertz CT molecular complexity index is 656. The van der Waals surface area contributed by atoms with E-state index in [9.17, 15) is 0 Å². The molecule has 0 bridgehead atoms. The second-order valence-corrected chi connectivity index (χ2v) is 7.09. The van der Waals surface area contributed by atoms with E-state index in [0.717, 1.165) is 29.7 Å². The average Bonchev–Trinajstić information content (AvgIpc) is 3.13. The predicted octanol–water partition coefficient (Wildman–Crippen LogP) is 3.59. The van der Waals surface area contributed by atoms with Crippen molar-refractivity contribution in [2.24, 2.45) is 0 Å². The molecule has 116 valence electrons. The number of aromatic nitrogens is 2. The lowest BCUT2D eigenvalue weighted by Gasteiger charge is -2.25. The fraction of sp³-hybridized carbons (Fsp3) is 0.471. The summed E-state index contributed by atoms with van der Waals surface area (Å²) < 4.78 is 3.18. The third kappa shape index (κ3) is 2.68. The van der Waals surface area contributed by atoms with Crippen LogP contribution in [-0.2, 0) is 13.0 Å². The van der Waals surface area contributed by atoms with E-state index in [1.807, 2.05) is 0 Å². The average molecular weight is 361 g/mol. The van der Waals surface area contributed by atoms with Gasteiger partial charge in [0, 0.05) is 23.1 Å². The van der Waals surface area contributed by atoms with Gasteiger partial charge in [-0.1, -0.05) is 22.4 Å². The minimum atomic E-state index is 0.994. The number of hydrogen-bond acceptors (Lipinski definition) is 3. The maximum absolute atomic E-state index is 4.92. The van der Waals surface area contributed by atoms with E-state index in [1.54, 1.807) is 0 Å². The van der Waals surface area contributed by atoms with Gasteiger partial charge in [-0.15, -0.1) is 0 Å². The van der Waals surface area contributed by atoms with Gasteiger partial charge in [-0.2, -0.15) is 5.10 Å². The number of benzene rings is 1. The van der Waals surface area contributed by atoms with Gasteiger partial charge in [-0.05, 0) is 56.6 Å². The van der Waals surface area contributed by atoms with Crippen molar-refractivity contribution in [1.29, 1.82) is 0 Å². The fourth-order valence-electron chi connectivity index (χ4n) is 3.47. The van der Waals surface area contributed by atoms with Crippen LogP contribution in [0.3, 0.4) is 0 Å². The zero-order valence-electron chi connectivity index (χ0n) is 12.7. The van der Waals surface area contributed by atoms with Gasteiger partial charge in [0.25, 0.3) is 0 Å². The predicted molar refractivity (Wildman–Crippen MR) is 92.6 cm³/mol. The van der Waals surface area contributed by atoms with Gasteiger partial charge >= 0.3 is 0 Å². The molecule has 4 rings (SSSR count). The highest BCUT2D eigenvalue weighted by Crippen LogP contribution is 2.30. The highest BCUT2D eigenvalue weighted by atomic mass is 79.9. The summed E-state index contributed by atoms with van der Waals surface area (Å²) in [4.78, 5) is 2.55. The van der Waals surface area contributed by atoms with Gasteiger partial charge in [-0.25, -0.2) is 4.68 Å². The van der Waals surface area contributed by atoms with Crippen LogP contribution in [0.5, 0.6) is 0 Å². The van der Waals surface area contributed by atoms with Gasteiger partial charge in [0.2, 0.25) is 0 Å². The Hall–Kier alpha value is -1.33. The number of piperidine rings is 1. The van der Waals surface area contributed by atoms with Crippen LogP contribution < -0.4 is 5.32 Å². The first-order valence-electron chi connectivity index (χ1n) is 8.14. The number of rotatable bonds is 3. The van der Waals surface area contributed by atoms with Crippen LogP contribution in [0.15, 0.2) is 28.7 Å². The molecule has 22 heavy (non-hydrogen) atoms. The van der Waals surface area contributed by atoms with Gasteiger partial charge in [0.1, 0.15) is 5.82 Å². The summed E-state index contributed by atoms with van der Waals surface area (Å²) in [6, 6.07) is 8.37. The SMILES string of the molecule is Brc1ccc(-n2nc(CN3CCCCC3)c3c2NCC3)cc1. The van der Waals surface area contributed by atoms with Crippen LogP contribution in [-0.4, -0.2) is 34.3 Å². The molecule has 1 aromatic carbocycles. The van der Waals surface area contributed by atoms with Crippen molar-refractivity contribution in [1.82, 2.24) is 14.7 Å². The lowest BCUT2D eigenvalue weighted by atomic mass is 10.1. The number of likely N-dealkylation sites (tertiary alicyclic amines) is 1. The first-order chi connectivity index (χ1) is 10.8. The van der Waals surface area contributed by atoms with Crippen LogP contribution in [0.1, 0.15) is 30.5 Å². The zero-order valence-corrected chi connectivity index (χ0v) is 14.3. The van der Waals surface area contributed by atoms with Crippen molar-refractivity contribution in [2.45, 2.75) is 32.2 Å². The number of hydrogen-bond donors (Lipinski definition) is 1. The van der Waals surface area contributed by atoms with Crippen molar-refractivity contribution in [3.63, 3.8) is 0 Å². The molecular formula is C17H21BrN4. The van der Waals surface area contributed by atoms with Gasteiger partial charge in [-0.3, -0.25) is 4.90 Å². The molecular weight excluding hydrogens is 340 g/mol. The molecule has 1 fully saturated rings. The lowest BCUT2D eigenvalue weighted by molar-refractivity contribution is 0.217. The third-order valence-corrected chi connectivity index (χ3v) is 5.16. The summed E-state index contributed by atoms with van der Waals surface area (Å²) in [6.07, 6.45) is 5.13. The molecule has 1 saturated heterocycles. The van der Waals surface area contributed by atoms with Crippen molar-refractivity contribution >= 4 is 21.7 Å². The molecule has 1 N–H and O–H groups in total. The van der Waals surface area contributed by atoms with Crippen molar-refractivity contribution < 1.29 is 0 Å². The Morgan fingerprint density at radius 3 is 2.64 bits per heavy atom. The molecule has 3 heterocycles. The number of nitrogens with one attached hydrogen (secondary N) is 1. The molecule has 2 aliphatic heterocycles. The largest absolute Gasteiger partial charge is 0.369 e. The van der Waals surface area contributed by atoms with Crippen molar-refractivity contribution in [2.75, 3.05) is 25.0 Å². The summed E-state index contributed by atoms with van der Waals surface area (Å²) in [7, 11) is 0. The van der Waals surface area contributed by atoms with Gasteiger partial charge in [0.15, 0.2) is 0 Å². The zero-order chi connectivity index (χ0) is 14.9. The molecule has 0 atom stereocenters. The topological polar surface area (TPSA) is 33.1 Å². The van der Waals surface area contributed by atoms with Crippen molar-refractivity contribution in [3.05, 3.63) is 40.0 Å². The quantitative estimate of drug-likeness (QED) is 0.907. The van der Waals surface area contributed by atoms with E-state index in [-0.39, 0.29) is 0 Å². The summed E-state index contributed by atoms with van der Waals surface area (Å²) in [5, 5.41) is 8.43. The van der Waals surface area contributed by atoms with Crippen LogP contribution in [0, 0.1) is 0 Å².